The number of halogens is 1. The summed E-state index contributed by atoms with van der Waals surface area (Å²) in [4.78, 5) is 11.9. The van der Waals surface area contributed by atoms with Crippen molar-refractivity contribution in [2.75, 3.05) is 5.88 Å². The number of allylic oxidation sites excluding steroid dienone is 1. The Balaban J connectivity index is 1.69. The molecule has 4 rings (SSSR count). The molecule has 1 N–H and O–H groups in total. The zero-order valence-electron chi connectivity index (χ0n) is 15.9. The van der Waals surface area contributed by atoms with Crippen LogP contribution in [0.1, 0.15) is 65.7 Å². The molecule has 0 heterocycles. The molecular weight excluding hydrogens is 332 g/mol. The summed E-state index contributed by atoms with van der Waals surface area (Å²) in [5, 5.41) is 11.3. The Bertz CT molecular complexity index is 599. The zero-order chi connectivity index (χ0) is 18.0. The van der Waals surface area contributed by atoms with Crippen molar-refractivity contribution >= 4 is 17.4 Å². The van der Waals surface area contributed by atoms with Gasteiger partial charge in [-0.25, -0.2) is 0 Å². The van der Waals surface area contributed by atoms with Crippen LogP contribution in [0.2, 0.25) is 0 Å². The van der Waals surface area contributed by atoms with Crippen LogP contribution in [0.15, 0.2) is 11.6 Å². The van der Waals surface area contributed by atoms with Crippen LogP contribution in [0.5, 0.6) is 0 Å². The molecule has 2 unspecified atom stereocenters. The molecule has 140 valence electrons. The van der Waals surface area contributed by atoms with Crippen molar-refractivity contribution in [1.82, 2.24) is 0 Å². The molecule has 0 saturated heterocycles. The van der Waals surface area contributed by atoms with Gasteiger partial charge in [-0.2, -0.15) is 0 Å². The van der Waals surface area contributed by atoms with Gasteiger partial charge >= 0.3 is 0 Å². The average molecular weight is 365 g/mol. The van der Waals surface area contributed by atoms with Gasteiger partial charge in [0.1, 0.15) is 0 Å². The fourth-order valence-electron chi connectivity index (χ4n) is 7.77. The van der Waals surface area contributed by atoms with Gasteiger partial charge in [-0.1, -0.05) is 26.3 Å². The maximum Gasteiger partial charge on any atom is 0.155 e. The number of alkyl halides is 1. The Morgan fingerprint density at radius 1 is 1.28 bits per heavy atom. The van der Waals surface area contributed by atoms with E-state index < -0.39 is 0 Å². The minimum atomic E-state index is -0.240. The monoisotopic (exact) mass is 364 g/mol. The normalized spacial score (nSPS) is 50.5. The van der Waals surface area contributed by atoms with Crippen molar-refractivity contribution in [1.29, 1.82) is 0 Å². The Hall–Kier alpha value is -0.340. The van der Waals surface area contributed by atoms with E-state index in [0.717, 1.165) is 31.6 Å². The van der Waals surface area contributed by atoms with E-state index in [2.05, 4.69) is 20.8 Å². The molecule has 25 heavy (non-hydrogen) atoms. The second-order valence-electron chi connectivity index (χ2n) is 9.98. The smallest absolute Gasteiger partial charge is 0.155 e. The van der Waals surface area contributed by atoms with Crippen molar-refractivity contribution in [3.05, 3.63) is 11.6 Å². The molecule has 3 saturated carbocycles. The number of hydrogen-bond acceptors (Lipinski definition) is 2. The van der Waals surface area contributed by atoms with E-state index in [9.17, 15) is 9.90 Å². The summed E-state index contributed by atoms with van der Waals surface area (Å²) in [5.74, 6) is 3.85. The van der Waals surface area contributed by atoms with Gasteiger partial charge in [0.15, 0.2) is 5.78 Å². The number of fused-ring (bicyclic) bond motifs is 5. The summed E-state index contributed by atoms with van der Waals surface area (Å²) in [6.45, 7) is 7.07. The Kier molecular flexibility index (Phi) is 4.40. The first-order chi connectivity index (χ1) is 11.8. The molecule has 0 spiro atoms. The first-order valence-electron chi connectivity index (χ1n) is 10.3. The predicted octanol–water partition coefficient (Wildman–Crippen LogP) is 4.98. The number of carbonyl (C=O) groups excluding carboxylic acids is 1. The Morgan fingerprint density at radius 3 is 2.76 bits per heavy atom. The zero-order valence-corrected chi connectivity index (χ0v) is 16.7. The number of aliphatic hydroxyl groups excluding tert-OH is 1. The van der Waals surface area contributed by atoms with Gasteiger partial charge in [-0.15, -0.1) is 11.6 Å². The lowest BCUT2D eigenvalue weighted by molar-refractivity contribution is -0.136. The van der Waals surface area contributed by atoms with Gasteiger partial charge < -0.3 is 5.11 Å². The van der Waals surface area contributed by atoms with Gasteiger partial charge in [-0.05, 0) is 85.0 Å². The second-order valence-corrected chi connectivity index (χ2v) is 10.3. The fraction of sp³-hybridized carbons (Fsp3) is 0.864. The minimum absolute atomic E-state index is 0.0355. The molecule has 2 nitrogen and oxygen atoms in total. The molecule has 4 aliphatic carbocycles. The second kappa shape index (κ2) is 6.09. The lowest BCUT2D eigenvalue weighted by Gasteiger charge is -2.60. The third-order valence-electron chi connectivity index (χ3n) is 8.90. The van der Waals surface area contributed by atoms with E-state index in [0.29, 0.717) is 36.0 Å². The topological polar surface area (TPSA) is 37.3 Å². The summed E-state index contributed by atoms with van der Waals surface area (Å²) >= 11 is 6.22. The largest absolute Gasteiger partial charge is 0.393 e. The van der Waals surface area contributed by atoms with E-state index in [-0.39, 0.29) is 22.7 Å². The number of rotatable bonds is 2. The molecule has 0 bridgehead atoms. The van der Waals surface area contributed by atoms with Crippen LogP contribution in [0.4, 0.5) is 0 Å². The molecule has 4 aliphatic rings. The molecular formula is C22H33ClO2. The van der Waals surface area contributed by atoms with Crippen LogP contribution in [0.3, 0.4) is 0 Å². The van der Waals surface area contributed by atoms with Crippen LogP contribution in [-0.2, 0) is 4.79 Å². The van der Waals surface area contributed by atoms with Crippen LogP contribution < -0.4 is 0 Å². The van der Waals surface area contributed by atoms with Crippen LogP contribution in [0.25, 0.3) is 0 Å². The number of aliphatic hydroxyl groups is 1. The van der Waals surface area contributed by atoms with Crippen molar-refractivity contribution < 1.29 is 9.90 Å². The first-order valence-corrected chi connectivity index (χ1v) is 10.8. The minimum Gasteiger partial charge on any atom is -0.393 e. The number of ketones is 1. The van der Waals surface area contributed by atoms with Crippen LogP contribution in [0, 0.1) is 40.4 Å². The molecule has 0 aromatic rings. The molecule has 0 aromatic carbocycles. The number of hydrogen-bond donors (Lipinski definition) is 1. The summed E-state index contributed by atoms with van der Waals surface area (Å²) in [5.41, 5.74) is 1.60. The molecule has 0 aliphatic heterocycles. The highest BCUT2D eigenvalue weighted by Crippen LogP contribution is 2.67. The van der Waals surface area contributed by atoms with Gasteiger partial charge in [0, 0.05) is 12.3 Å². The van der Waals surface area contributed by atoms with Gasteiger partial charge in [0.25, 0.3) is 0 Å². The number of carbonyl (C=O) groups is 1. The third kappa shape index (κ3) is 2.50. The first kappa shape index (κ1) is 18.0. The van der Waals surface area contributed by atoms with E-state index in [1.165, 1.54) is 18.4 Å². The highest BCUT2D eigenvalue weighted by Gasteiger charge is 2.62. The summed E-state index contributed by atoms with van der Waals surface area (Å²) < 4.78 is 0. The van der Waals surface area contributed by atoms with Crippen molar-refractivity contribution in [3.8, 4) is 0 Å². The average Bonchev–Trinajstić information content (AvgIpc) is 2.91. The van der Waals surface area contributed by atoms with E-state index >= 15 is 0 Å². The maximum absolute atomic E-state index is 11.9. The van der Waals surface area contributed by atoms with Gasteiger partial charge in [-0.3, -0.25) is 4.79 Å². The van der Waals surface area contributed by atoms with Gasteiger partial charge in [0.2, 0.25) is 0 Å². The fourth-order valence-corrected chi connectivity index (χ4v) is 7.98. The molecule has 0 aromatic heterocycles. The van der Waals surface area contributed by atoms with Crippen LogP contribution >= 0.6 is 11.6 Å². The molecule has 3 heteroatoms. The molecule has 0 radical (unpaired) electrons. The highest BCUT2D eigenvalue weighted by molar-refractivity contribution is 6.18. The maximum atomic E-state index is 11.9. The molecule has 8 atom stereocenters. The van der Waals surface area contributed by atoms with E-state index in [1.54, 1.807) is 0 Å². The van der Waals surface area contributed by atoms with E-state index in [4.69, 9.17) is 11.6 Å². The Labute approximate surface area is 157 Å². The standard InChI is InChI=1S/C22H33ClO2/c1-13(12-23)17-6-7-18-16-5-4-14-10-15(24)8-9-21(14,2)20(16)19(25)11-22(17,18)3/h10,13,16-20,25H,4-9,11-12H2,1-3H3/t13?,16-,17+,18-,19?,20+,21-,22+/m0/s1. The lowest BCUT2D eigenvalue weighted by atomic mass is 9.45. The van der Waals surface area contributed by atoms with Crippen molar-refractivity contribution in [2.45, 2.75) is 71.8 Å². The summed E-state index contributed by atoms with van der Waals surface area (Å²) in [7, 11) is 0. The predicted molar refractivity (Wildman–Crippen MR) is 101 cm³/mol. The van der Waals surface area contributed by atoms with Crippen molar-refractivity contribution in [2.24, 2.45) is 40.4 Å². The van der Waals surface area contributed by atoms with Crippen LogP contribution in [-0.4, -0.2) is 22.9 Å². The third-order valence-corrected chi connectivity index (χ3v) is 9.38. The van der Waals surface area contributed by atoms with Gasteiger partial charge in [0.05, 0.1) is 6.10 Å². The lowest BCUT2D eigenvalue weighted by Crippen LogP contribution is -2.56. The summed E-state index contributed by atoms with van der Waals surface area (Å²) in [6.07, 6.45) is 8.96. The SMILES string of the molecule is CC(CCl)[C@H]1CC[C@H]2[C@@H]3CCC4=CC(=O)CC[C@]4(C)[C@H]3C(O)C[C@]12C. The van der Waals surface area contributed by atoms with E-state index in [1.807, 2.05) is 6.08 Å². The Morgan fingerprint density at radius 2 is 2.04 bits per heavy atom. The molecule has 0 amide bonds. The highest BCUT2D eigenvalue weighted by atomic mass is 35.5. The quantitative estimate of drug-likeness (QED) is 0.701. The summed E-state index contributed by atoms with van der Waals surface area (Å²) in [6, 6.07) is 0. The van der Waals surface area contributed by atoms with Crippen molar-refractivity contribution in [3.63, 3.8) is 0 Å². The molecule has 3 fully saturated rings.